The van der Waals surface area contributed by atoms with Crippen molar-refractivity contribution in [2.24, 2.45) is 5.92 Å². The lowest BCUT2D eigenvalue weighted by molar-refractivity contribution is 0.400. The number of halogens is 1. The number of nitrogens with one attached hydrogen (secondary N) is 1. The minimum atomic E-state index is -3.45. The van der Waals surface area contributed by atoms with Gasteiger partial charge in [-0.25, -0.2) is 13.1 Å². The molecule has 94 valence electrons. The molecule has 0 spiro atoms. The Morgan fingerprint density at radius 1 is 1.29 bits per heavy atom. The van der Waals surface area contributed by atoms with E-state index >= 15 is 0 Å². The smallest absolute Gasteiger partial charge is 0.207 e. The molecular weight excluding hydrogens is 302 g/mol. The second-order valence-electron chi connectivity index (χ2n) is 5.03. The first-order valence-corrected chi connectivity index (χ1v) is 7.89. The molecule has 0 aromatic heterocycles. The highest BCUT2D eigenvalue weighted by Gasteiger charge is 2.40. The molecule has 1 aromatic carbocycles. The molecule has 0 amide bonds. The monoisotopic (exact) mass is 317 g/mol. The van der Waals surface area contributed by atoms with Crippen molar-refractivity contribution in [3.8, 4) is 0 Å². The molecule has 0 bridgehead atoms. The van der Waals surface area contributed by atoms with Gasteiger partial charge in [-0.3, -0.25) is 0 Å². The molecule has 0 radical (unpaired) electrons. The predicted octanol–water partition coefficient (Wildman–Crippen LogP) is 2.92. The first-order chi connectivity index (χ1) is 7.83. The van der Waals surface area contributed by atoms with Gasteiger partial charge in [0.1, 0.15) is 0 Å². The Morgan fingerprint density at radius 3 is 2.41 bits per heavy atom. The van der Waals surface area contributed by atoms with Crippen LogP contribution in [0.25, 0.3) is 0 Å². The van der Waals surface area contributed by atoms with Crippen LogP contribution in [0.15, 0.2) is 33.6 Å². The van der Waals surface area contributed by atoms with Gasteiger partial charge in [0.05, 0.1) is 4.90 Å². The molecule has 1 N–H and O–H groups in total. The molecule has 0 aliphatic heterocycles. The number of sulfonamides is 1. The van der Waals surface area contributed by atoms with Crippen molar-refractivity contribution in [1.82, 2.24) is 4.72 Å². The van der Waals surface area contributed by atoms with E-state index in [0.717, 1.165) is 12.8 Å². The Balaban J connectivity index is 2.28. The van der Waals surface area contributed by atoms with E-state index in [1.54, 1.807) is 24.3 Å². The van der Waals surface area contributed by atoms with Crippen molar-refractivity contribution < 1.29 is 8.42 Å². The average Bonchev–Trinajstić information content (AvgIpc) is 2.99. The molecule has 0 heterocycles. The summed E-state index contributed by atoms with van der Waals surface area (Å²) in [6.45, 7) is 3.89. The SMILES string of the molecule is CC(C)(NS(=O)(=O)c1ccccc1Br)C1CC1. The first kappa shape index (κ1) is 13.1. The van der Waals surface area contributed by atoms with E-state index in [9.17, 15) is 8.42 Å². The van der Waals surface area contributed by atoms with Crippen molar-refractivity contribution >= 4 is 26.0 Å². The van der Waals surface area contributed by atoms with Gasteiger partial charge in [0.25, 0.3) is 0 Å². The molecule has 1 aliphatic rings. The summed E-state index contributed by atoms with van der Waals surface area (Å²) in [7, 11) is -3.45. The van der Waals surface area contributed by atoms with E-state index in [4.69, 9.17) is 0 Å². The summed E-state index contributed by atoms with van der Waals surface area (Å²) in [6, 6.07) is 6.87. The highest BCUT2D eigenvalue weighted by Crippen LogP contribution is 2.40. The molecule has 0 saturated heterocycles. The summed E-state index contributed by atoms with van der Waals surface area (Å²) in [5, 5.41) is 0. The van der Waals surface area contributed by atoms with Crippen LogP contribution in [0.3, 0.4) is 0 Å². The van der Waals surface area contributed by atoms with Crippen LogP contribution in [-0.4, -0.2) is 14.0 Å². The number of benzene rings is 1. The zero-order valence-corrected chi connectivity index (χ0v) is 12.3. The second kappa shape index (κ2) is 4.37. The van der Waals surface area contributed by atoms with Gasteiger partial charge in [0.2, 0.25) is 10.0 Å². The molecule has 0 unspecified atom stereocenters. The number of rotatable bonds is 4. The molecular formula is C12H16BrNO2S. The maximum Gasteiger partial charge on any atom is 0.242 e. The summed E-state index contributed by atoms with van der Waals surface area (Å²) >= 11 is 3.27. The van der Waals surface area contributed by atoms with Crippen LogP contribution in [-0.2, 0) is 10.0 Å². The largest absolute Gasteiger partial charge is 0.242 e. The van der Waals surface area contributed by atoms with Crippen LogP contribution in [0, 0.1) is 5.92 Å². The molecule has 17 heavy (non-hydrogen) atoms. The fourth-order valence-electron chi connectivity index (χ4n) is 1.95. The van der Waals surface area contributed by atoms with Crippen molar-refractivity contribution in [2.45, 2.75) is 37.1 Å². The molecule has 3 nitrogen and oxygen atoms in total. The highest BCUT2D eigenvalue weighted by atomic mass is 79.9. The second-order valence-corrected chi connectivity index (χ2v) is 7.54. The maximum atomic E-state index is 12.3. The summed E-state index contributed by atoms with van der Waals surface area (Å²) in [6.07, 6.45) is 2.21. The normalized spacial score (nSPS) is 17.1. The Morgan fingerprint density at radius 2 is 1.88 bits per heavy atom. The molecule has 1 fully saturated rings. The molecule has 0 atom stereocenters. The van der Waals surface area contributed by atoms with Crippen LogP contribution < -0.4 is 4.72 Å². The minimum absolute atomic E-state index is 0.300. The highest BCUT2D eigenvalue weighted by molar-refractivity contribution is 9.10. The first-order valence-electron chi connectivity index (χ1n) is 5.61. The zero-order chi connectivity index (χ0) is 12.7. The van der Waals surface area contributed by atoms with Crippen molar-refractivity contribution in [2.75, 3.05) is 0 Å². The van der Waals surface area contributed by atoms with Crippen molar-refractivity contribution in [3.05, 3.63) is 28.7 Å². The molecule has 5 heteroatoms. The van der Waals surface area contributed by atoms with Gasteiger partial charge in [-0.15, -0.1) is 0 Å². The fourth-order valence-corrected chi connectivity index (χ4v) is 4.43. The summed E-state index contributed by atoms with van der Waals surface area (Å²) in [5.41, 5.74) is -0.367. The predicted molar refractivity (Wildman–Crippen MR) is 71.3 cm³/mol. The van der Waals surface area contributed by atoms with Gasteiger partial charge < -0.3 is 0 Å². The minimum Gasteiger partial charge on any atom is -0.207 e. The summed E-state index contributed by atoms with van der Waals surface area (Å²) in [4.78, 5) is 0.300. The number of hydrogen-bond acceptors (Lipinski definition) is 2. The topological polar surface area (TPSA) is 46.2 Å². The van der Waals surface area contributed by atoms with Gasteiger partial charge in [0, 0.05) is 10.0 Å². The number of hydrogen-bond donors (Lipinski definition) is 1. The van der Waals surface area contributed by atoms with Gasteiger partial charge in [-0.05, 0) is 60.7 Å². The van der Waals surface area contributed by atoms with Gasteiger partial charge in [-0.2, -0.15) is 0 Å². The van der Waals surface area contributed by atoms with Crippen LogP contribution in [0.2, 0.25) is 0 Å². The summed E-state index contributed by atoms with van der Waals surface area (Å²) in [5.74, 6) is 0.458. The van der Waals surface area contributed by atoms with Crippen LogP contribution >= 0.6 is 15.9 Å². The lowest BCUT2D eigenvalue weighted by Crippen LogP contribution is -2.45. The lowest BCUT2D eigenvalue weighted by Gasteiger charge is -2.26. The molecule has 1 aliphatic carbocycles. The zero-order valence-electron chi connectivity index (χ0n) is 9.90. The fraction of sp³-hybridized carbons (Fsp3) is 0.500. The van der Waals surface area contributed by atoms with Gasteiger partial charge >= 0.3 is 0 Å². The van der Waals surface area contributed by atoms with Crippen LogP contribution in [0.5, 0.6) is 0 Å². The quantitative estimate of drug-likeness (QED) is 0.928. The van der Waals surface area contributed by atoms with Gasteiger partial charge in [0.15, 0.2) is 0 Å². The van der Waals surface area contributed by atoms with E-state index in [0.29, 0.717) is 15.3 Å². The van der Waals surface area contributed by atoms with E-state index in [-0.39, 0.29) is 5.54 Å². The Hall–Kier alpha value is -0.390. The maximum absolute atomic E-state index is 12.3. The third kappa shape index (κ3) is 2.89. The molecule has 1 saturated carbocycles. The standard InChI is InChI=1S/C12H16BrNO2S/c1-12(2,9-7-8-9)14-17(15,16)11-6-4-3-5-10(11)13/h3-6,9,14H,7-8H2,1-2H3. The van der Waals surface area contributed by atoms with Crippen LogP contribution in [0.1, 0.15) is 26.7 Å². The lowest BCUT2D eigenvalue weighted by atomic mass is 10.0. The third-order valence-corrected chi connectivity index (χ3v) is 5.81. The Bertz CT molecular complexity index is 521. The van der Waals surface area contributed by atoms with Gasteiger partial charge in [-0.1, -0.05) is 12.1 Å². The molecule has 2 rings (SSSR count). The van der Waals surface area contributed by atoms with E-state index in [1.165, 1.54) is 0 Å². The third-order valence-electron chi connectivity index (χ3n) is 3.12. The van der Waals surface area contributed by atoms with Crippen molar-refractivity contribution in [1.29, 1.82) is 0 Å². The van der Waals surface area contributed by atoms with Crippen LogP contribution in [0.4, 0.5) is 0 Å². The van der Waals surface area contributed by atoms with E-state index < -0.39 is 10.0 Å². The summed E-state index contributed by atoms with van der Waals surface area (Å²) < 4.78 is 27.9. The van der Waals surface area contributed by atoms with Crippen molar-refractivity contribution in [3.63, 3.8) is 0 Å². The Kier molecular flexibility index (Phi) is 3.36. The Labute approximate surface area is 111 Å². The van der Waals surface area contributed by atoms with E-state index in [2.05, 4.69) is 20.7 Å². The van der Waals surface area contributed by atoms with E-state index in [1.807, 2.05) is 13.8 Å². The average molecular weight is 318 g/mol. The molecule has 1 aromatic rings.